The van der Waals surface area contributed by atoms with E-state index < -0.39 is 0 Å². The van der Waals surface area contributed by atoms with Gasteiger partial charge in [0.2, 0.25) is 0 Å². The van der Waals surface area contributed by atoms with Gasteiger partial charge in [-0.2, -0.15) is 0 Å². The lowest BCUT2D eigenvalue weighted by Gasteiger charge is -2.14. The maximum absolute atomic E-state index is 9.22. The van der Waals surface area contributed by atoms with E-state index >= 15 is 0 Å². The topological polar surface area (TPSA) is 38.0 Å². The summed E-state index contributed by atoms with van der Waals surface area (Å²) in [7, 11) is 0. The summed E-state index contributed by atoms with van der Waals surface area (Å²) in [5, 5.41) is 9.22. The minimum atomic E-state index is -0.211. The molecule has 0 aromatic carbocycles. The van der Waals surface area contributed by atoms with Crippen molar-refractivity contribution < 1.29 is 5.11 Å². The normalized spacial score (nSPS) is 17.9. The van der Waals surface area contributed by atoms with Gasteiger partial charge in [-0.05, 0) is 39.0 Å². The SMILES string of the molecule is CC(O)CCn1cnc2c1CCCC2. The zero-order valence-electron chi connectivity index (χ0n) is 8.74. The number of hydrogen-bond donors (Lipinski definition) is 1. The van der Waals surface area contributed by atoms with Crippen LogP contribution >= 0.6 is 0 Å². The molecular weight excluding hydrogens is 176 g/mol. The van der Waals surface area contributed by atoms with Crippen LogP contribution in [-0.2, 0) is 19.4 Å². The van der Waals surface area contributed by atoms with E-state index in [4.69, 9.17) is 0 Å². The minimum absolute atomic E-state index is 0.211. The molecule has 0 saturated carbocycles. The number of aryl methyl sites for hydroxylation is 2. The molecule has 3 heteroatoms. The number of rotatable bonds is 3. The number of aromatic nitrogens is 2. The van der Waals surface area contributed by atoms with Gasteiger partial charge in [0.15, 0.2) is 0 Å². The van der Waals surface area contributed by atoms with Gasteiger partial charge in [0.25, 0.3) is 0 Å². The molecule has 0 aliphatic heterocycles. The second-order valence-electron chi connectivity index (χ2n) is 4.18. The molecule has 0 radical (unpaired) electrons. The lowest BCUT2D eigenvalue weighted by atomic mass is 10.0. The van der Waals surface area contributed by atoms with Crippen molar-refractivity contribution in [1.82, 2.24) is 9.55 Å². The molecule has 1 unspecified atom stereocenters. The third-order valence-electron chi connectivity index (χ3n) is 2.90. The van der Waals surface area contributed by atoms with Gasteiger partial charge in [0, 0.05) is 12.2 Å². The molecule has 1 aromatic heterocycles. The Morgan fingerprint density at radius 3 is 3.07 bits per heavy atom. The first-order valence-corrected chi connectivity index (χ1v) is 5.48. The Hall–Kier alpha value is -0.830. The second kappa shape index (κ2) is 4.13. The molecule has 0 fully saturated rings. The van der Waals surface area contributed by atoms with Crippen molar-refractivity contribution in [2.75, 3.05) is 0 Å². The van der Waals surface area contributed by atoms with Crippen LogP contribution in [0, 0.1) is 0 Å². The van der Waals surface area contributed by atoms with Crippen molar-refractivity contribution in [3.8, 4) is 0 Å². The Labute approximate surface area is 84.8 Å². The fraction of sp³-hybridized carbons (Fsp3) is 0.727. The van der Waals surface area contributed by atoms with Gasteiger partial charge in [-0.15, -0.1) is 0 Å². The smallest absolute Gasteiger partial charge is 0.0951 e. The number of nitrogens with zero attached hydrogens (tertiary/aromatic N) is 2. The Bertz CT molecular complexity index is 304. The van der Waals surface area contributed by atoms with Crippen LogP contribution in [0.5, 0.6) is 0 Å². The molecule has 0 bridgehead atoms. The van der Waals surface area contributed by atoms with Crippen molar-refractivity contribution >= 4 is 0 Å². The van der Waals surface area contributed by atoms with Crippen LogP contribution in [0.1, 0.15) is 37.6 Å². The third kappa shape index (κ3) is 1.98. The largest absolute Gasteiger partial charge is 0.393 e. The molecule has 1 aliphatic carbocycles. The van der Waals surface area contributed by atoms with Crippen LogP contribution in [0.25, 0.3) is 0 Å². The zero-order chi connectivity index (χ0) is 9.97. The molecule has 0 spiro atoms. The van der Waals surface area contributed by atoms with E-state index in [1.54, 1.807) is 0 Å². The summed E-state index contributed by atoms with van der Waals surface area (Å²) in [5.41, 5.74) is 2.68. The molecule has 1 atom stereocenters. The predicted octanol–water partition coefficient (Wildman–Crippen LogP) is 1.53. The standard InChI is InChI=1S/C11H18N2O/c1-9(14)6-7-13-8-12-10-4-2-3-5-11(10)13/h8-9,14H,2-7H2,1H3. The molecule has 78 valence electrons. The highest BCUT2D eigenvalue weighted by molar-refractivity contribution is 5.16. The van der Waals surface area contributed by atoms with Crippen molar-refractivity contribution in [3.05, 3.63) is 17.7 Å². The van der Waals surface area contributed by atoms with E-state index in [0.717, 1.165) is 25.8 Å². The van der Waals surface area contributed by atoms with Crippen LogP contribution in [0.4, 0.5) is 0 Å². The first-order chi connectivity index (χ1) is 6.77. The van der Waals surface area contributed by atoms with E-state index in [0.29, 0.717) is 0 Å². The molecule has 2 rings (SSSR count). The molecule has 1 aromatic rings. The Morgan fingerprint density at radius 2 is 2.29 bits per heavy atom. The van der Waals surface area contributed by atoms with Crippen LogP contribution in [-0.4, -0.2) is 20.8 Å². The number of aliphatic hydroxyl groups is 1. The van der Waals surface area contributed by atoms with E-state index in [1.807, 2.05) is 13.3 Å². The van der Waals surface area contributed by atoms with Gasteiger partial charge < -0.3 is 9.67 Å². The molecule has 1 N–H and O–H groups in total. The summed E-state index contributed by atoms with van der Waals surface area (Å²) in [5.74, 6) is 0. The second-order valence-corrected chi connectivity index (χ2v) is 4.18. The van der Waals surface area contributed by atoms with Crippen LogP contribution in [0.3, 0.4) is 0 Å². The van der Waals surface area contributed by atoms with Crippen molar-refractivity contribution in [2.24, 2.45) is 0 Å². The highest BCUT2D eigenvalue weighted by Gasteiger charge is 2.14. The van der Waals surface area contributed by atoms with Gasteiger partial charge in [0.1, 0.15) is 0 Å². The Balaban J connectivity index is 2.06. The van der Waals surface area contributed by atoms with Gasteiger partial charge in [-0.25, -0.2) is 4.98 Å². The zero-order valence-corrected chi connectivity index (χ0v) is 8.74. The summed E-state index contributed by atoms with van der Waals surface area (Å²) >= 11 is 0. The molecule has 14 heavy (non-hydrogen) atoms. The Kier molecular flexibility index (Phi) is 2.87. The van der Waals surface area contributed by atoms with Gasteiger partial charge in [-0.3, -0.25) is 0 Å². The summed E-state index contributed by atoms with van der Waals surface area (Å²) in [6, 6.07) is 0. The molecule has 0 amide bonds. The third-order valence-corrected chi connectivity index (χ3v) is 2.90. The summed E-state index contributed by atoms with van der Waals surface area (Å²) in [6.07, 6.45) is 7.40. The van der Waals surface area contributed by atoms with E-state index in [1.165, 1.54) is 24.2 Å². The minimum Gasteiger partial charge on any atom is -0.393 e. The van der Waals surface area contributed by atoms with E-state index in [9.17, 15) is 5.11 Å². The highest BCUT2D eigenvalue weighted by Crippen LogP contribution is 2.20. The van der Waals surface area contributed by atoms with Crippen LogP contribution < -0.4 is 0 Å². The van der Waals surface area contributed by atoms with Gasteiger partial charge >= 0.3 is 0 Å². The first kappa shape index (κ1) is 9.71. The lowest BCUT2D eigenvalue weighted by molar-refractivity contribution is 0.177. The molecular formula is C11H18N2O. The maximum atomic E-state index is 9.22. The number of aliphatic hydroxyl groups excluding tert-OH is 1. The van der Waals surface area contributed by atoms with Gasteiger partial charge in [-0.1, -0.05) is 0 Å². The van der Waals surface area contributed by atoms with Crippen molar-refractivity contribution in [2.45, 2.75) is 51.7 Å². The molecule has 1 aliphatic rings. The predicted molar refractivity (Wildman–Crippen MR) is 55.2 cm³/mol. The van der Waals surface area contributed by atoms with E-state index in [-0.39, 0.29) is 6.10 Å². The average Bonchev–Trinajstić information content (AvgIpc) is 2.58. The van der Waals surface area contributed by atoms with Crippen molar-refractivity contribution in [1.29, 1.82) is 0 Å². The number of fused-ring (bicyclic) bond motifs is 1. The van der Waals surface area contributed by atoms with Crippen molar-refractivity contribution in [3.63, 3.8) is 0 Å². The highest BCUT2D eigenvalue weighted by atomic mass is 16.3. The summed E-state index contributed by atoms with van der Waals surface area (Å²) in [4.78, 5) is 4.42. The fourth-order valence-electron chi connectivity index (χ4n) is 2.05. The monoisotopic (exact) mass is 194 g/mol. The number of hydrogen-bond acceptors (Lipinski definition) is 2. The fourth-order valence-corrected chi connectivity index (χ4v) is 2.05. The molecule has 1 heterocycles. The molecule has 0 saturated heterocycles. The first-order valence-electron chi connectivity index (χ1n) is 5.48. The Morgan fingerprint density at radius 1 is 1.50 bits per heavy atom. The molecule has 3 nitrogen and oxygen atoms in total. The summed E-state index contributed by atoms with van der Waals surface area (Å²) in [6.45, 7) is 2.74. The van der Waals surface area contributed by atoms with Crippen LogP contribution in [0.2, 0.25) is 0 Å². The quantitative estimate of drug-likeness (QED) is 0.792. The van der Waals surface area contributed by atoms with Crippen LogP contribution in [0.15, 0.2) is 6.33 Å². The van der Waals surface area contributed by atoms with E-state index in [2.05, 4.69) is 9.55 Å². The van der Waals surface area contributed by atoms with Gasteiger partial charge in [0.05, 0.1) is 18.1 Å². The maximum Gasteiger partial charge on any atom is 0.0951 e. The summed E-state index contributed by atoms with van der Waals surface area (Å²) < 4.78 is 2.21. The number of imidazole rings is 1. The lowest BCUT2D eigenvalue weighted by Crippen LogP contribution is -2.11. The average molecular weight is 194 g/mol.